The van der Waals surface area contributed by atoms with Gasteiger partial charge in [0.05, 0.1) is 0 Å². The molecule has 0 atom stereocenters. The monoisotopic (exact) mass is 391 g/mol. The van der Waals surface area contributed by atoms with Crippen molar-refractivity contribution in [1.82, 2.24) is 35.7 Å². The number of piperidine rings is 1. The first-order valence-corrected chi connectivity index (χ1v) is 9.86. The van der Waals surface area contributed by atoms with Crippen molar-refractivity contribution in [2.24, 2.45) is 0 Å². The topological polar surface area (TPSA) is 98.8 Å². The lowest BCUT2D eigenvalue weighted by Gasteiger charge is -2.32. The quantitative estimate of drug-likeness (QED) is 0.599. The molecule has 1 aromatic carbocycles. The summed E-state index contributed by atoms with van der Waals surface area (Å²) in [6.45, 7) is 3.36. The van der Waals surface area contributed by atoms with E-state index in [4.69, 9.17) is 0 Å². The SMILES string of the molecule is O=C(NCc1cccc(-c2ncn[nH]2)c1)NC1CCN(Cc2ccncc2)CC1. The van der Waals surface area contributed by atoms with Crippen LogP contribution in [-0.4, -0.2) is 50.2 Å². The highest BCUT2D eigenvalue weighted by Gasteiger charge is 2.20. The van der Waals surface area contributed by atoms with Gasteiger partial charge in [0, 0.05) is 50.2 Å². The van der Waals surface area contributed by atoms with Gasteiger partial charge in [0.15, 0.2) is 5.82 Å². The van der Waals surface area contributed by atoms with Crippen LogP contribution in [0.1, 0.15) is 24.0 Å². The summed E-state index contributed by atoms with van der Waals surface area (Å²) in [6, 6.07) is 12.1. The minimum atomic E-state index is -0.123. The molecule has 2 amide bonds. The zero-order chi connectivity index (χ0) is 19.9. The van der Waals surface area contributed by atoms with Crippen LogP contribution < -0.4 is 10.6 Å². The summed E-state index contributed by atoms with van der Waals surface area (Å²) in [5, 5.41) is 12.8. The van der Waals surface area contributed by atoms with Crippen LogP contribution in [0, 0.1) is 0 Å². The van der Waals surface area contributed by atoms with Crippen LogP contribution in [0.5, 0.6) is 0 Å². The van der Waals surface area contributed by atoms with Crippen LogP contribution in [0.4, 0.5) is 4.79 Å². The Kier molecular flexibility index (Phi) is 6.11. The molecule has 0 aliphatic carbocycles. The van der Waals surface area contributed by atoms with E-state index >= 15 is 0 Å². The van der Waals surface area contributed by atoms with Gasteiger partial charge in [-0.1, -0.05) is 18.2 Å². The van der Waals surface area contributed by atoms with Crippen LogP contribution in [0.3, 0.4) is 0 Å². The summed E-state index contributed by atoms with van der Waals surface area (Å²) in [5.74, 6) is 0.717. The van der Waals surface area contributed by atoms with Crippen LogP contribution in [0.15, 0.2) is 55.1 Å². The number of aromatic amines is 1. The van der Waals surface area contributed by atoms with Crippen molar-refractivity contribution >= 4 is 6.03 Å². The predicted molar refractivity (Wildman–Crippen MR) is 110 cm³/mol. The third-order valence-electron chi connectivity index (χ3n) is 5.15. The Hall–Kier alpha value is -3.26. The van der Waals surface area contributed by atoms with Crippen LogP contribution >= 0.6 is 0 Å². The number of aromatic nitrogens is 4. The van der Waals surface area contributed by atoms with E-state index in [2.05, 4.69) is 47.8 Å². The molecule has 2 aromatic heterocycles. The fourth-order valence-electron chi connectivity index (χ4n) is 3.57. The molecular weight excluding hydrogens is 366 g/mol. The standard InChI is InChI=1S/C21H25N7O/c29-21(23-13-17-2-1-3-18(12-17)20-24-15-25-27-20)26-19-6-10-28(11-7-19)14-16-4-8-22-9-5-16/h1-5,8-9,12,15,19H,6-7,10-11,13-14H2,(H2,23,26,29)(H,24,25,27). The van der Waals surface area contributed by atoms with Crippen molar-refractivity contribution in [3.8, 4) is 11.4 Å². The van der Waals surface area contributed by atoms with Crippen molar-refractivity contribution in [3.05, 3.63) is 66.2 Å². The van der Waals surface area contributed by atoms with Gasteiger partial charge in [-0.05, 0) is 42.2 Å². The molecule has 0 radical (unpaired) electrons. The maximum atomic E-state index is 12.3. The number of rotatable bonds is 6. The molecule has 8 nitrogen and oxygen atoms in total. The molecule has 1 saturated heterocycles. The molecular formula is C21H25N7O. The number of H-pyrrole nitrogens is 1. The fraction of sp³-hybridized carbons (Fsp3) is 0.333. The number of urea groups is 1. The van der Waals surface area contributed by atoms with Crippen molar-refractivity contribution in [2.75, 3.05) is 13.1 Å². The summed E-state index contributed by atoms with van der Waals surface area (Å²) in [5.41, 5.74) is 3.24. The van der Waals surface area contributed by atoms with E-state index < -0.39 is 0 Å². The number of amides is 2. The zero-order valence-corrected chi connectivity index (χ0v) is 16.2. The molecule has 150 valence electrons. The molecule has 0 spiro atoms. The molecule has 8 heteroatoms. The zero-order valence-electron chi connectivity index (χ0n) is 16.2. The van der Waals surface area contributed by atoms with Gasteiger partial charge in [0.1, 0.15) is 6.33 Å². The van der Waals surface area contributed by atoms with Crippen LogP contribution in [0.2, 0.25) is 0 Å². The fourth-order valence-corrected chi connectivity index (χ4v) is 3.57. The molecule has 0 unspecified atom stereocenters. The average Bonchev–Trinajstić information content (AvgIpc) is 3.30. The third-order valence-corrected chi connectivity index (χ3v) is 5.15. The van der Waals surface area contributed by atoms with Gasteiger partial charge in [-0.2, -0.15) is 5.10 Å². The van der Waals surface area contributed by atoms with E-state index in [1.54, 1.807) is 0 Å². The van der Waals surface area contributed by atoms with Crippen molar-refractivity contribution < 1.29 is 4.79 Å². The number of nitrogens with one attached hydrogen (secondary N) is 3. The van der Waals surface area contributed by atoms with Crippen molar-refractivity contribution in [3.63, 3.8) is 0 Å². The van der Waals surface area contributed by atoms with Crippen LogP contribution in [0.25, 0.3) is 11.4 Å². The Balaban J connectivity index is 1.20. The van der Waals surface area contributed by atoms with Crippen molar-refractivity contribution in [1.29, 1.82) is 0 Å². The van der Waals surface area contributed by atoms with E-state index in [-0.39, 0.29) is 12.1 Å². The van der Waals surface area contributed by atoms with E-state index in [0.29, 0.717) is 6.54 Å². The Labute approximate surface area is 169 Å². The second kappa shape index (κ2) is 9.29. The highest BCUT2D eigenvalue weighted by molar-refractivity contribution is 5.74. The number of nitrogens with zero attached hydrogens (tertiary/aromatic N) is 4. The van der Waals surface area contributed by atoms with E-state index in [1.165, 1.54) is 11.9 Å². The molecule has 1 aliphatic rings. The maximum Gasteiger partial charge on any atom is 0.315 e. The first-order valence-electron chi connectivity index (χ1n) is 9.86. The minimum Gasteiger partial charge on any atom is -0.335 e. The predicted octanol–water partition coefficient (Wildman–Crippen LogP) is 2.33. The highest BCUT2D eigenvalue weighted by atomic mass is 16.2. The number of carbonyl (C=O) groups is 1. The average molecular weight is 391 g/mol. The van der Waals surface area contributed by atoms with Crippen LogP contribution in [-0.2, 0) is 13.1 Å². The molecule has 1 aliphatic heterocycles. The Morgan fingerprint density at radius 3 is 2.72 bits per heavy atom. The molecule has 3 heterocycles. The van der Waals surface area contributed by atoms with Gasteiger partial charge < -0.3 is 10.6 Å². The lowest BCUT2D eigenvalue weighted by Crippen LogP contribution is -2.47. The first kappa shape index (κ1) is 19.1. The minimum absolute atomic E-state index is 0.123. The number of hydrogen-bond acceptors (Lipinski definition) is 5. The first-order chi connectivity index (χ1) is 14.3. The number of pyridine rings is 1. The van der Waals surface area contributed by atoms with Gasteiger partial charge in [-0.25, -0.2) is 9.78 Å². The second-order valence-electron chi connectivity index (χ2n) is 7.27. The second-order valence-corrected chi connectivity index (χ2v) is 7.27. The van der Waals surface area contributed by atoms with Crippen molar-refractivity contribution in [2.45, 2.75) is 32.0 Å². The summed E-state index contributed by atoms with van der Waals surface area (Å²) in [4.78, 5) is 22.9. The lowest BCUT2D eigenvalue weighted by atomic mass is 10.0. The Bertz CT molecular complexity index is 906. The molecule has 0 saturated carbocycles. The van der Waals surface area contributed by atoms with Gasteiger partial charge in [0.2, 0.25) is 0 Å². The highest BCUT2D eigenvalue weighted by Crippen LogP contribution is 2.16. The smallest absolute Gasteiger partial charge is 0.315 e. The third kappa shape index (κ3) is 5.39. The normalized spacial score (nSPS) is 15.2. The summed E-state index contributed by atoms with van der Waals surface area (Å²) < 4.78 is 0. The lowest BCUT2D eigenvalue weighted by molar-refractivity contribution is 0.186. The largest absolute Gasteiger partial charge is 0.335 e. The molecule has 3 aromatic rings. The van der Waals surface area contributed by atoms with Gasteiger partial charge in [-0.15, -0.1) is 0 Å². The number of carbonyl (C=O) groups excluding carboxylic acids is 1. The van der Waals surface area contributed by atoms with E-state index in [1.807, 2.05) is 36.7 Å². The number of hydrogen-bond donors (Lipinski definition) is 3. The summed E-state index contributed by atoms with van der Waals surface area (Å²) in [6.07, 6.45) is 7.05. The van der Waals surface area contributed by atoms with Gasteiger partial charge >= 0.3 is 6.03 Å². The number of likely N-dealkylation sites (tertiary alicyclic amines) is 1. The maximum absolute atomic E-state index is 12.3. The molecule has 4 rings (SSSR count). The molecule has 29 heavy (non-hydrogen) atoms. The van der Waals surface area contributed by atoms with E-state index in [9.17, 15) is 4.79 Å². The summed E-state index contributed by atoms with van der Waals surface area (Å²) in [7, 11) is 0. The van der Waals surface area contributed by atoms with Gasteiger partial charge in [-0.3, -0.25) is 15.0 Å². The van der Waals surface area contributed by atoms with E-state index in [0.717, 1.165) is 49.4 Å². The Morgan fingerprint density at radius 2 is 1.97 bits per heavy atom. The molecule has 3 N–H and O–H groups in total. The number of benzene rings is 1. The molecule has 1 fully saturated rings. The Morgan fingerprint density at radius 1 is 1.14 bits per heavy atom. The summed E-state index contributed by atoms with van der Waals surface area (Å²) >= 11 is 0. The molecule has 0 bridgehead atoms. The van der Waals surface area contributed by atoms with Gasteiger partial charge in [0.25, 0.3) is 0 Å².